The summed E-state index contributed by atoms with van der Waals surface area (Å²) in [6.45, 7) is 4.02. The van der Waals surface area contributed by atoms with Crippen LogP contribution in [-0.2, 0) is 14.3 Å². The second-order valence-electron chi connectivity index (χ2n) is 9.06. The van der Waals surface area contributed by atoms with E-state index in [0.29, 0.717) is 22.7 Å². The summed E-state index contributed by atoms with van der Waals surface area (Å²) in [6.07, 6.45) is 7.76. The predicted molar refractivity (Wildman–Crippen MR) is 147 cm³/mol. The van der Waals surface area contributed by atoms with E-state index in [-0.39, 0.29) is 17.9 Å². The zero-order valence-corrected chi connectivity index (χ0v) is 22.6. The second-order valence-corrected chi connectivity index (χ2v) is 11.7. The molecule has 1 aliphatic rings. The first-order valence-corrected chi connectivity index (χ1v) is 14.7. The predicted octanol–water partition coefficient (Wildman–Crippen LogP) is 5.25. The van der Waals surface area contributed by atoms with Crippen LogP contribution in [0.1, 0.15) is 42.0 Å². The number of hydrogen-bond acceptors (Lipinski definition) is 10. The minimum atomic E-state index is -4.07. The zero-order chi connectivity index (χ0) is 26.5. The van der Waals surface area contributed by atoms with Crippen LogP contribution < -0.4 is 9.64 Å². The minimum Gasteiger partial charge on any atom is -0.493 e. The van der Waals surface area contributed by atoms with Crippen molar-refractivity contribution in [1.29, 1.82) is 0 Å². The fourth-order valence-electron chi connectivity index (χ4n) is 4.06. The highest BCUT2D eigenvalue weighted by Crippen LogP contribution is 2.28. The first-order chi connectivity index (χ1) is 18.4. The van der Waals surface area contributed by atoms with Gasteiger partial charge in [0.2, 0.25) is 5.89 Å². The van der Waals surface area contributed by atoms with E-state index < -0.39 is 16.4 Å². The standard InChI is InChI=1S/C27H29N3O6S2/c1-19-5-9-22(10-6-19)38(32,33)36-26(31)13-16-34-20-7-11-23-24(17-20)35-25(29-23)12-8-21-18-28-27(37-21)30-14-3-2-4-15-30/h5-12,17-18,26,31H,2-4,13-16H2,1H3. The van der Waals surface area contributed by atoms with Crippen LogP contribution in [0.4, 0.5) is 5.13 Å². The molecular weight excluding hydrogens is 526 g/mol. The number of rotatable bonds is 10. The number of piperidine rings is 1. The Morgan fingerprint density at radius 3 is 2.71 bits per heavy atom. The molecule has 0 amide bonds. The molecule has 0 saturated carbocycles. The topological polar surface area (TPSA) is 115 Å². The number of benzene rings is 2. The number of aliphatic hydroxyl groups excluding tert-OH is 1. The van der Waals surface area contributed by atoms with Crippen LogP contribution in [0.2, 0.25) is 0 Å². The highest BCUT2D eigenvalue weighted by Gasteiger charge is 2.20. The van der Waals surface area contributed by atoms with E-state index >= 15 is 0 Å². The SMILES string of the molecule is Cc1ccc(S(=O)(=O)OC(O)CCOc2ccc3nc(C=Cc4cnc(N5CCCCC5)s4)oc3c2)cc1. The molecule has 1 saturated heterocycles. The quantitative estimate of drug-likeness (QED) is 0.207. The summed E-state index contributed by atoms with van der Waals surface area (Å²) < 4.78 is 41.0. The minimum absolute atomic E-state index is 0.0125. The van der Waals surface area contributed by atoms with Crippen LogP contribution in [0.15, 0.2) is 58.0 Å². The van der Waals surface area contributed by atoms with Gasteiger partial charge >= 0.3 is 0 Å². The molecule has 3 heterocycles. The molecule has 1 atom stereocenters. The first kappa shape index (κ1) is 26.4. The maximum atomic E-state index is 12.3. The lowest BCUT2D eigenvalue weighted by atomic mass is 10.1. The van der Waals surface area contributed by atoms with Crippen LogP contribution in [0.5, 0.6) is 5.75 Å². The van der Waals surface area contributed by atoms with Gasteiger partial charge in [0.15, 0.2) is 17.0 Å². The number of aryl methyl sites for hydroxylation is 1. The van der Waals surface area contributed by atoms with Gasteiger partial charge in [-0.05, 0) is 56.5 Å². The Kier molecular flexibility index (Phi) is 8.08. The number of hydrogen-bond donors (Lipinski definition) is 1. The number of aliphatic hydroxyl groups is 1. The number of thiazole rings is 1. The average Bonchev–Trinajstić information content (AvgIpc) is 3.54. The van der Waals surface area contributed by atoms with Crippen molar-refractivity contribution < 1.29 is 26.9 Å². The van der Waals surface area contributed by atoms with E-state index in [1.54, 1.807) is 41.7 Å². The fraction of sp³-hybridized carbons (Fsp3) is 0.333. The summed E-state index contributed by atoms with van der Waals surface area (Å²) in [5.41, 5.74) is 2.16. The van der Waals surface area contributed by atoms with Crippen LogP contribution in [0, 0.1) is 6.92 Å². The summed E-state index contributed by atoms with van der Waals surface area (Å²) in [7, 11) is -4.07. The monoisotopic (exact) mass is 555 g/mol. The molecule has 1 N–H and O–H groups in total. The summed E-state index contributed by atoms with van der Waals surface area (Å²) in [5.74, 6) is 0.974. The lowest BCUT2D eigenvalue weighted by Gasteiger charge is -2.25. The van der Waals surface area contributed by atoms with Crippen LogP contribution in [0.25, 0.3) is 23.3 Å². The van der Waals surface area contributed by atoms with E-state index in [0.717, 1.165) is 28.7 Å². The maximum absolute atomic E-state index is 12.3. The lowest BCUT2D eigenvalue weighted by molar-refractivity contribution is -0.0256. The molecule has 0 spiro atoms. The third kappa shape index (κ3) is 6.60. The molecule has 4 aromatic rings. The largest absolute Gasteiger partial charge is 0.493 e. The summed E-state index contributed by atoms with van der Waals surface area (Å²) >= 11 is 1.65. The van der Waals surface area contributed by atoms with Gasteiger partial charge in [-0.3, -0.25) is 0 Å². The van der Waals surface area contributed by atoms with Gasteiger partial charge in [0, 0.05) is 42.7 Å². The highest BCUT2D eigenvalue weighted by atomic mass is 32.2. The molecule has 5 rings (SSSR count). The van der Waals surface area contributed by atoms with Crippen molar-refractivity contribution in [3.8, 4) is 5.75 Å². The first-order valence-electron chi connectivity index (χ1n) is 12.5. The van der Waals surface area contributed by atoms with Crippen molar-refractivity contribution in [1.82, 2.24) is 9.97 Å². The van der Waals surface area contributed by atoms with Crippen LogP contribution in [-0.4, -0.2) is 49.5 Å². The van der Waals surface area contributed by atoms with Crippen molar-refractivity contribution in [2.45, 2.75) is 43.8 Å². The number of fused-ring (bicyclic) bond motifs is 1. The van der Waals surface area contributed by atoms with Gasteiger partial charge in [-0.25, -0.2) is 14.2 Å². The molecule has 2 aromatic carbocycles. The van der Waals surface area contributed by atoms with Crippen molar-refractivity contribution in [3.63, 3.8) is 0 Å². The van der Waals surface area contributed by atoms with Crippen LogP contribution in [0.3, 0.4) is 0 Å². The summed E-state index contributed by atoms with van der Waals surface area (Å²) in [4.78, 5) is 12.4. The molecule has 1 aliphatic heterocycles. The molecule has 38 heavy (non-hydrogen) atoms. The Morgan fingerprint density at radius 1 is 1.13 bits per heavy atom. The van der Waals surface area contributed by atoms with E-state index in [9.17, 15) is 13.5 Å². The normalized spacial score (nSPS) is 15.4. The van der Waals surface area contributed by atoms with Gasteiger partial charge < -0.3 is 19.2 Å². The van der Waals surface area contributed by atoms with Gasteiger partial charge in [0.05, 0.1) is 11.5 Å². The molecule has 0 aliphatic carbocycles. The number of nitrogens with zero attached hydrogens (tertiary/aromatic N) is 3. The zero-order valence-electron chi connectivity index (χ0n) is 20.9. The van der Waals surface area contributed by atoms with Gasteiger partial charge in [-0.1, -0.05) is 29.0 Å². The van der Waals surface area contributed by atoms with E-state index in [4.69, 9.17) is 13.3 Å². The van der Waals surface area contributed by atoms with Gasteiger partial charge in [-0.15, -0.1) is 0 Å². The Hall–Kier alpha value is -3.25. The van der Waals surface area contributed by atoms with Crippen molar-refractivity contribution in [2.75, 3.05) is 24.6 Å². The molecule has 11 heteroatoms. The number of oxazole rings is 1. The second kappa shape index (κ2) is 11.6. The van der Waals surface area contributed by atoms with Gasteiger partial charge in [0.1, 0.15) is 11.3 Å². The third-order valence-corrected chi connectivity index (χ3v) is 8.43. The Morgan fingerprint density at radius 2 is 1.92 bits per heavy atom. The molecule has 0 radical (unpaired) electrons. The summed E-state index contributed by atoms with van der Waals surface area (Å²) in [6, 6.07) is 11.4. The molecule has 9 nitrogen and oxygen atoms in total. The Labute approximate surface area is 225 Å². The Bertz CT molecular complexity index is 1510. The molecular formula is C27H29N3O6S2. The fourth-order valence-corrected chi connectivity index (χ4v) is 5.89. The maximum Gasteiger partial charge on any atom is 0.299 e. The number of anilines is 1. The average molecular weight is 556 g/mol. The molecule has 1 unspecified atom stereocenters. The van der Waals surface area contributed by atoms with Crippen molar-refractivity contribution in [3.05, 3.63) is 65.0 Å². The van der Waals surface area contributed by atoms with Gasteiger partial charge in [0.25, 0.3) is 10.1 Å². The molecule has 200 valence electrons. The smallest absolute Gasteiger partial charge is 0.299 e. The lowest BCUT2D eigenvalue weighted by Crippen LogP contribution is -2.29. The van der Waals surface area contributed by atoms with E-state index in [1.165, 1.54) is 31.4 Å². The highest BCUT2D eigenvalue weighted by molar-refractivity contribution is 7.86. The molecule has 0 bridgehead atoms. The number of aromatic nitrogens is 2. The van der Waals surface area contributed by atoms with Gasteiger partial charge in [-0.2, -0.15) is 8.42 Å². The summed E-state index contributed by atoms with van der Waals surface area (Å²) in [5, 5.41) is 11.1. The number of ether oxygens (including phenoxy) is 1. The van der Waals surface area contributed by atoms with Crippen LogP contribution >= 0.6 is 11.3 Å². The van der Waals surface area contributed by atoms with Crippen molar-refractivity contribution >= 4 is 49.8 Å². The van der Waals surface area contributed by atoms with E-state index in [1.807, 2.05) is 25.3 Å². The van der Waals surface area contributed by atoms with E-state index in [2.05, 4.69) is 14.9 Å². The van der Waals surface area contributed by atoms with Crippen molar-refractivity contribution in [2.24, 2.45) is 0 Å². The Balaban J connectivity index is 1.14. The molecule has 1 fully saturated rings. The third-order valence-electron chi connectivity index (χ3n) is 6.09. The molecule has 2 aromatic heterocycles.